The molecule has 1 saturated heterocycles. The third-order valence-electron chi connectivity index (χ3n) is 6.01. The lowest BCUT2D eigenvalue weighted by molar-refractivity contribution is 0.0782. The molecular formula is C21H20N4O4. The van der Waals surface area contributed by atoms with Crippen molar-refractivity contribution in [1.29, 1.82) is 0 Å². The molecule has 3 aromatic rings. The Hall–Kier alpha value is -3.42. The Labute approximate surface area is 166 Å². The van der Waals surface area contributed by atoms with Crippen LogP contribution in [0.3, 0.4) is 0 Å². The summed E-state index contributed by atoms with van der Waals surface area (Å²) in [4.78, 5) is 27.6. The van der Waals surface area contributed by atoms with Gasteiger partial charge in [-0.2, -0.15) is 0 Å². The van der Waals surface area contributed by atoms with Crippen LogP contribution in [0.2, 0.25) is 0 Å². The lowest BCUT2D eigenvalue weighted by Crippen LogP contribution is -2.35. The van der Waals surface area contributed by atoms with Crippen LogP contribution in [0.15, 0.2) is 52.1 Å². The number of fused-ring (bicyclic) bond motifs is 2. The van der Waals surface area contributed by atoms with E-state index >= 15 is 0 Å². The van der Waals surface area contributed by atoms with E-state index in [1.165, 1.54) is 12.5 Å². The number of carbonyl (C=O) groups excluding carboxylic acids is 1. The zero-order chi connectivity index (χ0) is 20.0. The molecule has 0 bridgehead atoms. The number of rotatable bonds is 3. The van der Waals surface area contributed by atoms with Crippen LogP contribution in [0.1, 0.15) is 29.0 Å². The van der Waals surface area contributed by atoms with E-state index in [1.807, 2.05) is 17.0 Å². The lowest BCUT2D eigenvalue weighted by Gasteiger charge is -2.22. The van der Waals surface area contributed by atoms with Crippen molar-refractivity contribution in [1.82, 2.24) is 19.7 Å². The Bertz CT molecular complexity index is 1120. The molecule has 1 spiro atoms. The number of benzene rings is 1. The molecule has 0 N–H and O–H groups in total. The summed E-state index contributed by atoms with van der Waals surface area (Å²) in [6.45, 7) is 1.74. The highest BCUT2D eigenvalue weighted by molar-refractivity contribution is 5.94. The number of methoxy groups -OCH3 is 1. The van der Waals surface area contributed by atoms with Gasteiger partial charge in [0.2, 0.25) is 0 Å². The molecule has 2 aliphatic rings. The highest BCUT2D eigenvalue weighted by Gasteiger charge is 2.48. The Balaban J connectivity index is 1.45. The van der Waals surface area contributed by atoms with E-state index in [4.69, 9.17) is 9.15 Å². The topological polar surface area (TPSA) is 90.5 Å². The molecule has 4 heterocycles. The van der Waals surface area contributed by atoms with E-state index in [9.17, 15) is 9.59 Å². The fourth-order valence-corrected chi connectivity index (χ4v) is 4.39. The van der Waals surface area contributed by atoms with Crippen LogP contribution >= 0.6 is 0 Å². The summed E-state index contributed by atoms with van der Waals surface area (Å²) in [6, 6.07) is 8.88. The molecule has 0 unspecified atom stereocenters. The molecule has 0 radical (unpaired) electrons. The van der Waals surface area contributed by atoms with Gasteiger partial charge in [-0.25, -0.2) is 0 Å². The minimum atomic E-state index is -0.315. The summed E-state index contributed by atoms with van der Waals surface area (Å²) in [5, 5.41) is 8.73. The second-order valence-corrected chi connectivity index (χ2v) is 7.58. The SMILES string of the molecule is COc1ccc(-c2nnc3n(c2=O)CC[C@@]32CCN(C(=O)c3ccoc3)C2)cc1. The summed E-state index contributed by atoms with van der Waals surface area (Å²) in [5.74, 6) is 1.34. The number of hydrogen-bond donors (Lipinski definition) is 0. The van der Waals surface area contributed by atoms with Crippen molar-refractivity contribution in [2.45, 2.75) is 24.8 Å². The molecule has 8 nitrogen and oxygen atoms in total. The van der Waals surface area contributed by atoms with Gasteiger partial charge in [0.15, 0.2) is 5.69 Å². The maximum absolute atomic E-state index is 13.1. The number of carbonyl (C=O) groups is 1. The smallest absolute Gasteiger partial charge is 0.280 e. The van der Waals surface area contributed by atoms with Crippen molar-refractivity contribution in [2.75, 3.05) is 20.2 Å². The Morgan fingerprint density at radius 2 is 1.93 bits per heavy atom. The molecule has 1 aromatic carbocycles. The van der Waals surface area contributed by atoms with Crippen LogP contribution in [0.5, 0.6) is 5.75 Å². The first-order valence-corrected chi connectivity index (χ1v) is 9.55. The van der Waals surface area contributed by atoms with Crippen molar-refractivity contribution in [2.24, 2.45) is 0 Å². The quantitative estimate of drug-likeness (QED) is 0.678. The van der Waals surface area contributed by atoms with Crippen molar-refractivity contribution in [3.63, 3.8) is 0 Å². The fourth-order valence-electron chi connectivity index (χ4n) is 4.39. The Morgan fingerprint density at radius 1 is 1.14 bits per heavy atom. The number of hydrogen-bond acceptors (Lipinski definition) is 6. The van der Waals surface area contributed by atoms with E-state index in [-0.39, 0.29) is 16.9 Å². The maximum Gasteiger partial charge on any atom is 0.280 e. The molecule has 5 rings (SSSR count). The zero-order valence-electron chi connectivity index (χ0n) is 16.0. The molecule has 2 aromatic heterocycles. The van der Waals surface area contributed by atoms with Gasteiger partial charge < -0.3 is 14.1 Å². The molecule has 29 heavy (non-hydrogen) atoms. The monoisotopic (exact) mass is 392 g/mol. The first-order chi connectivity index (χ1) is 14.1. The normalized spacial score (nSPS) is 20.2. The van der Waals surface area contributed by atoms with E-state index in [0.29, 0.717) is 42.3 Å². The average Bonchev–Trinajstić information content (AvgIpc) is 3.50. The minimum absolute atomic E-state index is 0.0563. The molecule has 1 amide bonds. The van der Waals surface area contributed by atoms with Gasteiger partial charge in [-0.05, 0) is 43.2 Å². The second-order valence-electron chi connectivity index (χ2n) is 7.58. The van der Waals surface area contributed by atoms with E-state index in [2.05, 4.69) is 10.2 Å². The van der Waals surface area contributed by atoms with Crippen molar-refractivity contribution in [3.05, 3.63) is 64.6 Å². The molecule has 1 atom stereocenters. The predicted molar refractivity (Wildman–Crippen MR) is 104 cm³/mol. The van der Waals surface area contributed by atoms with E-state index in [1.54, 1.807) is 29.9 Å². The number of likely N-dealkylation sites (tertiary alicyclic amines) is 1. The summed E-state index contributed by atoms with van der Waals surface area (Å²) in [7, 11) is 1.60. The van der Waals surface area contributed by atoms with Gasteiger partial charge in [0.1, 0.15) is 17.8 Å². The van der Waals surface area contributed by atoms with Gasteiger partial charge in [0, 0.05) is 25.2 Å². The van der Waals surface area contributed by atoms with Gasteiger partial charge in [0.05, 0.1) is 24.4 Å². The molecule has 0 saturated carbocycles. The van der Waals surface area contributed by atoms with Crippen molar-refractivity contribution >= 4 is 5.91 Å². The molecule has 8 heteroatoms. The van der Waals surface area contributed by atoms with Crippen LogP contribution in [0.25, 0.3) is 11.3 Å². The van der Waals surface area contributed by atoms with Crippen LogP contribution in [0.4, 0.5) is 0 Å². The largest absolute Gasteiger partial charge is 0.497 e. The molecule has 0 aliphatic carbocycles. The number of aromatic nitrogens is 3. The summed E-state index contributed by atoms with van der Waals surface area (Å²) >= 11 is 0. The first-order valence-electron chi connectivity index (χ1n) is 9.55. The van der Waals surface area contributed by atoms with Gasteiger partial charge >= 0.3 is 0 Å². The minimum Gasteiger partial charge on any atom is -0.497 e. The summed E-state index contributed by atoms with van der Waals surface area (Å²) < 4.78 is 11.9. The third-order valence-corrected chi connectivity index (χ3v) is 6.01. The number of ether oxygens (including phenoxy) is 1. The molecule has 2 aliphatic heterocycles. The highest BCUT2D eigenvalue weighted by Crippen LogP contribution is 2.41. The summed E-state index contributed by atoms with van der Waals surface area (Å²) in [5.41, 5.74) is 1.12. The van der Waals surface area contributed by atoms with Crippen molar-refractivity contribution < 1.29 is 13.9 Å². The number of furan rings is 1. The summed E-state index contributed by atoms with van der Waals surface area (Å²) in [6.07, 6.45) is 4.50. The zero-order valence-corrected chi connectivity index (χ0v) is 16.0. The van der Waals surface area contributed by atoms with E-state index in [0.717, 1.165) is 18.6 Å². The Morgan fingerprint density at radius 3 is 2.66 bits per heavy atom. The van der Waals surface area contributed by atoms with E-state index < -0.39 is 0 Å². The fraction of sp³-hybridized carbons (Fsp3) is 0.333. The molecular weight excluding hydrogens is 372 g/mol. The van der Waals surface area contributed by atoms with Gasteiger partial charge in [0.25, 0.3) is 11.5 Å². The molecule has 1 fully saturated rings. The third kappa shape index (κ3) is 2.74. The van der Waals surface area contributed by atoms with Crippen LogP contribution in [0, 0.1) is 0 Å². The van der Waals surface area contributed by atoms with Gasteiger partial charge in [-0.1, -0.05) is 0 Å². The highest BCUT2D eigenvalue weighted by atomic mass is 16.5. The second kappa shape index (κ2) is 6.58. The van der Waals surface area contributed by atoms with Crippen LogP contribution in [-0.4, -0.2) is 45.8 Å². The van der Waals surface area contributed by atoms with Crippen LogP contribution in [-0.2, 0) is 12.0 Å². The maximum atomic E-state index is 13.1. The standard InChI is InChI=1S/C21H20N4O4/c1-28-16-4-2-14(3-5-16)17-19(27)25-10-8-21(20(25)23-22-17)7-9-24(13-21)18(26)15-6-11-29-12-15/h2-6,11-12H,7-10,13H2,1H3/t21-/m1/s1. The number of nitrogens with zero attached hydrogens (tertiary/aromatic N) is 4. The van der Waals surface area contributed by atoms with Gasteiger partial charge in [-0.3, -0.25) is 14.2 Å². The lowest BCUT2D eigenvalue weighted by atomic mass is 9.85. The number of amides is 1. The predicted octanol–water partition coefficient (Wildman–Crippen LogP) is 2.09. The molecule has 148 valence electrons. The Kier molecular flexibility index (Phi) is 4.01. The first kappa shape index (κ1) is 17.7. The van der Waals surface area contributed by atoms with Gasteiger partial charge in [-0.15, -0.1) is 10.2 Å². The van der Waals surface area contributed by atoms with Crippen molar-refractivity contribution in [3.8, 4) is 17.0 Å². The van der Waals surface area contributed by atoms with Crippen LogP contribution < -0.4 is 10.3 Å². The average molecular weight is 392 g/mol.